The van der Waals surface area contributed by atoms with E-state index in [1.54, 1.807) is 31.2 Å². The molecular formula is C55H71N7O14. The van der Waals surface area contributed by atoms with E-state index < -0.39 is 114 Å². The number of likely N-dealkylation sites (tertiary alicyclic amines) is 2. The largest absolute Gasteiger partial charge is 0.508 e. The Balaban J connectivity index is 1.11. The summed E-state index contributed by atoms with van der Waals surface area (Å²) in [4.78, 5) is 84.9. The number of carbonyl (C=O) groups is 6. The molecule has 76 heavy (non-hydrogen) atoms. The van der Waals surface area contributed by atoms with Gasteiger partial charge >= 0.3 is 0 Å². The van der Waals surface area contributed by atoms with Crippen molar-refractivity contribution in [1.29, 1.82) is 0 Å². The quantitative estimate of drug-likeness (QED) is 0.0383. The minimum atomic E-state index is -2.21. The molecule has 0 bridgehead atoms. The van der Waals surface area contributed by atoms with Gasteiger partial charge in [0, 0.05) is 31.0 Å². The average molecular weight is 1050 g/mol. The van der Waals surface area contributed by atoms with Crippen LogP contribution in [0.5, 0.6) is 11.5 Å². The number of hydrogen-bond acceptors (Lipinski definition) is 15. The van der Waals surface area contributed by atoms with Crippen LogP contribution in [0, 0.1) is 5.92 Å². The van der Waals surface area contributed by atoms with Crippen molar-refractivity contribution in [2.24, 2.45) is 11.7 Å². The number of aliphatic hydroxyl groups is 6. The van der Waals surface area contributed by atoms with Gasteiger partial charge < -0.3 is 77.3 Å². The van der Waals surface area contributed by atoms with Crippen LogP contribution in [-0.4, -0.2) is 168 Å². The number of unbranched alkanes of at least 4 members (excludes halogenated alkanes) is 2. The molecule has 4 aromatic rings. The van der Waals surface area contributed by atoms with Crippen molar-refractivity contribution in [3.05, 3.63) is 108 Å². The number of hydrogen-bond donors (Lipinski definition) is 12. The Morgan fingerprint density at radius 3 is 1.79 bits per heavy atom. The van der Waals surface area contributed by atoms with Gasteiger partial charge in [-0.05, 0) is 91.4 Å². The SMILES string of the molecule is CCCCCOc1ccc(-c2ccc(-c3ccc(C(=O)NC(C)NC(=O)[C@@H]4[C@@H](O)[C@@H](C)CN4C(=O)[C@@H](NC(=O)[C@@H](NC(=O)[C@@H]4C[C@@H](O)CN4C(=O)[C@@H](N)[C@@H](C)O)[C@H](O)[C@@H](O)c4ccc(O)cc4)[C@@H](C)O)cc3)cc2)cc1. The second kappa shape index (κ2) is 26.2. The highest BCUT2D eigenvalue weighted by molar-refractivity contribution is 5.98. The fourth-order valence-electron chi connectivity index (χ4n) is 9.24. The van der Waals surface area contributed by atoms with Gasteiger partial charge in [-0.15, -0.1) is 0 Å². The third-order valence-electron chi connectivity index (χ3n) is 13.8. The molecule has 0 spiro atoms. The standard InChI is InChI=1S/C55H71N7O14/c1-6-7-8-25-76-41-23-19-36(20-24-41)34-11-9-33(10-12-34)35-13-15-38(16-14-35)50(70)57-32(5)58-53(73)46-47(67)29(2)27-62(46)55(75)44(31(4)64)59-52(72)45(49(69)48(68)37-17-21-39(65)22-18-37)60-51(71)42-26-40(66)28-61(42)54(74)43(56)30(3)63/h9-24,29-32,40,42-49,63-69H,6-8,25-28,56H2,1-5H3,(H,57,70)(H,58,73)(H,59,72)(H,60,71)/t29-,30+,31+,32?,40+,42-,43-,44-,45-,46-,47-,48-,49-/m0/s1. The van der Waals surface area contributed by atoms with Gasteiger partial charge in [-0.3, -0.25) is 28.8 Å². The number of ether oxygens (including phenoxy) is 1. The molecule has 1 unspecified atom stereocenters. The number of phenols is 1. The summed E-state index contributed by atoms with van der Waals surface area (Å²) in [5, 5.41) is 85.2. The highest BCUT2D eigenvalue weighted by atomic mass is 16.5. The zero-order valence-corrected chi connectivity index (χ0v) is 43.2. The minimum absolute atomic E-state index is 0.0202. The molecule has 410 valence electrons. The number of nitrogens with one attached hydrogen (secondary N) is 4. The van der Waals surface area contributed by atoms with Crippen LogP contribution in [0.1, 0.15) is 82.3 Å². The Labute approximate surface area is 441 Å². The van der Waals surface area contributed by atoms with Crippen LogP contribution < -0.4 is 31.7 Å². The van der Waals surface area contributed by atoms with Crippen LogP contribution in [-0.2, 0) is 24.0 Å². The average Bonchev–Trinajstić information content (AvgIpc) is 3.96. The molecule has 2 fully saturated rings. The van der Waals surface area contributed by atoms with Crippen LogP contribution in [0.4, 0.5) is 0 Å². The van der Waals surface area contributed by atoms with Gasteiger partial charge in [-0.1, -0.05) is 87.4 Å². The van der Waals surface area contributed by atoms with Gasteiger partial charge in [0.25, 0.3) is 5.91 Å². The van der Waals surface area contributed by atoms with E-state index in [1.165, 1.54) is 38.1 Å². The molecular weight excluding hydrogens is 983 g/mol. The third kappa shape index (κ3) is 14.3. The summed E-state index contributed by atoms with van der Waals surface area (Å²) >= 11 is 0. The predicted molar refractivity (Wildman–Crippen MR) is 278 cm³/mol. The summed E-state index contributed by atoms with van der Waals surface area (Å²) in [6.07, 6.45) is -8.01. The lowest BCUT2D eigenvalue weighted by Crippen LogP contribution is -2.64. The van der Waals surface area contributed by atoms with E-state index in [0.29, 0.717) is 6.61 Å². The molecule has 4 aromatic carbocycles. The number of benzene rings is 4. The maximum atomic E-state index is 14.4. The molecule has 2 saturated heterocycles. The van der Waals surface area contributed by atoms with Crippen LogP contribution in [0.15, 0.2) is 97.1 Å². The fraction of sp³-hybridized carbons (Fsp3) is 0.455. The Morgan fingerprint density at radius 2 is 1.24 bits per heavy atom. The molecule has 13 atom stereocenters. The fourth-order valence-corrected chi connectivity index (χ4v) is 9.24. The first-order valence-corrected chi connectivity index (χ1v) is 25.5. The molecule has 2 heterocycles. The lowest BCUT2D eigenvalue weighted by Gasteiger charge is -2.34. The lowest BCUT2D eigenvalue weighted by atomic mass is 9.96. The van der Waals surface area contributed by atoms with Gasteiger partial charge in [0.05, 0.1) is 37.2 Å². The summed E-state index contributed by atoms with van der Waals surface area (Å²) in [5.74, 6) is -5.89. The number of amides is 6. The van der Waals surface area contributed by atoms with Crippen LogP contribution in [0.2, 0.25) is 0 Å². The second-order valence-electron chi connectivity index (χ2n) is 19.7. The van der Waals surface area contributed by atoms with Gasteiger partial charge in [0.15, 0.2) is 0 Å². The first-order valence-electron chi connectivity index (χ1n) is 25.5. The van der Waals surface area contributed by atoms with E-state index in [9.17, 15) is 64.5 Å². The summed E-state index contributed by atoms with van der Waals surface area (Å²) in [7, 11) is 0. The Kier molecular flexibility index (Phi) is 20.1. The van der Waals surface area contributed by atoms with E-state index >= 15 is 0 Å². The molecule has 6 rings (SSSR count). The van der Waals surface area contributed by atoms with Crippen molar-refractivity contribution in [3.63, 3.8) is 0 Å². The van der Waals surface area contributed by atoms with Crippen molar-refractivity contribution in [3.8, 4) is 33.8 Å². The van der Waals surface area contributed by atoms with E-state index in [-0.39, 0.29) is 36.4 Å². The van der Waals surface area contributed by atoms with Crippen molar-refractivity contribution < 1.29 is 69.2 Å². The molecule has 2 aliphatic heterocycles. The molecule has 2 aliphatic rings. The number of aromatic hydroxyl groups is 1. The van der Waals surface area contributed by atoms with Crippen molar-refractivity contribution >= 4 is 35.4 Å². The number of phenolic OH excluding ortho intramolecular Hbond substituents is 1. The summed E-state index contributed by atoms with van der Waals surface area (Å²) in [6.45, 7) is 7.66. The monoisotopic (exact) mass is 1050 g/mol. The van der Waals surface area contributed by atoms with Gasteiger partial charge in [-0.2, -0.15) is 0 Å². The van der Waals surface area contributed by atoms with Crippen molar-refractivity contribution in [2.45, 2.75) is 133 Å². The number of aliphatic hydroxyl groups excluding tert-OH is 6. The van der Waals surface area contributed by atoms with Gasteiger partial charge in [0.2, 0.25) is 29.5 Å². The van der Waals surface area contributed by atoms with Gasteiger partial charge in [-0.25, -0.2) is 0 Å². The van der Waals surface area contributed by atoms with E-state index in [4.69, 9.17) is 10.5 Å². The highest BCUT2D eigenvalue weighted by Gasteiger charge is 2.49. The van der Waals surface area contributed by atoms with Crippen LogP contribution in [0.25, 0.3) is 22.3 Å². The first-order chi connectivity index (χ1) is 36.1. The number of β-amino-alcohol motifs (C(OH)–C–C–N with tert-alkyl or cyclic N) is 1. The molecule has 21 nitrogen and oxygen atoms in total. The van der Waals surface area contributed by atoms with Crippen LogP contribution in [0.3, 0.4) is 0 Å². The normalized spacial score (nSPS) is 21.5. The van der Waals surface area contributed by atoms with Gasteiger partial charge in [0.1, 0.15) is 53.9 Å². The molecule has 21 heteroatoms. The third-order valence-corrected chi connectivity index (χ3v) is 13.8. The Bertz CT molecular complexity index is 2620. The smallest absolute Gasteiger partial charge is 0.252 e. The summed E-state index contributed by atoms with van der Waals surface area (Å²) in [5.41, 5.74) is 9.95. The Morgan fingerprint density at radius 1 is 0.671 bits per heavy atom. The molecule has 6 amide bonds. The van der Waals surface area contributed by atoms with Crippen molar-refractivity contribution in [1.82, 2.24) is 31.1 Å². The Hall–Kier alpha value is -6.98. The number of rotatable bonds is 22. The first kappa shape index (κ1) is 58.3. The van der Waals surface area contributed by atoms with E-state index in [0.717, 1.165) is 64.0 Å². The van der Waals surface area contributed by atoms with Crippen LogP contribution >= 0.6 is 0 Å². The second-order valence-corrected chi connectivity index (χ2v) is 19.7. The van der Waals surface area contributed by atoms with E-state index in [1.807, 2.05) is 48.5 Å². The molecule has 13 N–H and O–H groups in total. The lowest BCUT2D eigenvalue weighted by molar-refractivity contribution is -0.147. The zero-order valence-electron chi connectivity index (χ0n) is 43.2. The number of nitrogens with zero attached hydrogens (tertiary/aromatic N) is 2. The maximum absolute atomic E-state index is 14.4. The molecule has 0 aliphatic carbocycles. The number of nitrogens with two attached hydrogens (primary N) is 1. The minimum Gasteiger partial charge on any atom is -0.508 e. The summed E-state index contributed by atoms with van der Waals surface area (Å²) in [6, 6.07) is 19.0. The van der Waals surface area contributed by atoms with Crippen molar-refractivity contribution in [2.75, 3.05) is 19.7 Å². The maximum Gasteiger partial charge on any atom is 0.252 e. The molecule has 0 radical (unpaired) electrons. The molecule has 0 saturated carbocycles. The highest BCUT2D eigenvalue weighted by Crippen LogP contribution is 2.29. The molecule has 0 aromatic heterocycles. The predicted octanol–water partition coefficient (Wildman–Crippen LogP) is 0.810. The van der Waals surface area contributed by atoms with E-state index in [2.05, 4.69) is 28.2 Å². The zero-order chi connectivity index (χ0) is 55.5. The summed E-state index contributed by atoms with van der Waals surface area (Å²) < 4.78 is 5.84. The number of carbonyl (C=O) groups excluding carboxylic acids is 6. The topological polar surface area (TPSA) is 334 Å².